The minimum absolute atomic E-state index is 0.425. The second-order valence-electron chi connectivity index (χ2n) is 3.57. The summed E-state index contributed by atoms with van der Waals surface area (Å²) in [5.74, 6) is -0.505. The Hall–Kier alpha value is -1.49. The van der Waals surface area contributed by atoms with Crippen molar-refractivity contribution >= 4 is 23.6 Å². The van der Waals surface area contributed by atoms with Crippen LogP contribution < -0.4 is 5.32 Å². The van der Waals surface area contributed by atoms with Crippen molar-refractivity contribution in [3.8, 4) is 0 Å². The zero-order valence-electron chi connectivity index (χ0n) is 10.6. The molecule has 0 radical (unpaired) electrons. The number of methoxy groups -OCH3 is 1. The fraction of sp³-hybridized carbons (Fsp3) is 0.385. The van der Waals surface area contributed by atoms with Crippen LogP contribution in [0.15, 0.2) is 29.2 Å². The van der Waals surface area contributed by atoms with Gasteiger partial charge in [-0.2, -0.15) is 0 Å². The quantitative estimate of drug-likeness (QED) is 0.500. The molecular formula is C13H17NO3S. The Morgan fingerprint density at radius 2 is 1.94 bits per heavy atom. The summed E-state index contributed by atoms with van der Waals surface area (Å²) in [5, 5.41) is 2.50. The largest absolute Gasteiger partial charge is 0.462 e. The molecule has 0 saturated carbocycles. The van der Waals surface area contributed by atoms with Crippen LogP contribution in [0.1, 0.15) is 12.5 Å². The molecular weight excluding hydrogens is 250 g/mol. The van der Waals surface area contributed by atoms with E-state index in [2.05, 4.69) is 29.1 Å². The lowest BCUT2D eigenvalue weighted by Gasteiger charge is -2.05. The van der Waals surface area contributed by atoms with E-state index in [1.165, 1.54) is 12.0 Å². The summed E-state index contributed by atoms with van der Waals surface area (Å²) in [4.78, 5) is 23.2. The number of thioether (sulfide) groups is 1. The number of ether oxygens (including phenoxy) is 1. The average Bonchev–Trinajstić information content (AvgIpc) is 2.40. The van der Waals surface area contributed by atoms with Gasteiger partial charge in [0.2, 0.25) is 0 Å². The first-order valence-corrected chi connectivity index (χ1v) is 6.73. The van der Waals surface area contributed by atoms with Gasteiger partial charge < -0.3 is 10.1 Å². The van der Waals surface area contributed by atoms with Gasteiger partial charge in [0.1, 0.15) is 0 Å². The minimum atomic E-state index is -0.857. The van der Waals surface area contributed by atoms with Crippen LogP contribution in [0.4, 0.5) is 0 Å². The van der Waals surface area contributed by atoms with E-state index in [1.54, 1.807) is 11.8 Å². The third-order valence-electron chi connectivity index (χ3n) is 2.30. The zero-order valence-corrected chi connectivity index (χ0v) is 11.4. The normalized spacial score (nSPS) is 9.89. The predicted octanol–water partition coefficient (Wildman–Crippen LogP) is 1.63. The molecule has 4 nitrogen and oxygen atoms in total. The van der Waals surface area contributed by atoms with Gasteiger partial charge in [0.15, 0.2) is 0 Å². The Labute approximate surface area is 111 Å². The molecule has 18 heavy (non-hydrogen) atoms. The van der Waals surface area contributed by atoms with Crippen molar-refractivity contribution in [1.29, 1.82) is 0 Å². The van der Waals surface area contributed by atoms with E-state index in [1.807, 2.05) is 12.1 Å². The van der Waals surface area contributed by atoms with Gasteiger partial charge in [0, 0.05) is 11.4 Å². The number of nitrogens with one attached hydrogen (secondary N) is 1. The zero-order chi connectivity index (χ0) is 13.4. The first kappa shape index (κ1) is 14.6. The molecule has 0 aliphatic heterocycles. The lowest BCUT2D eigenvalue weighted by molar-refractivity contribution is -0.152. The van der Waals surface area contributed by atoms with E-state index < -0.39 is 11.9 Å². The third kappa shape index (κ3) is 4.79. The maximum Gasteiger partial charge on any atom is 0.396 e. The molecule has 1 aromatic carbocycles. The third-order valence-corrected chi connectivity index (χ3v) is 3.20. The minimum Gasteiger partial charge on any atom is -0.462 e. The number of carbonyl (C=O) groups is 2. The van der Waals surface area contributed by atoms with Crippen LogP contribution in [0.3, 0.4) is 0 Å². The number of rotatable bonds is 5. The molecule has 0 saturated heterocycles. The Bertz CT molecular complexity index is 403. The highest BCUT2D eigenvalue weighted by Crippen LogP contribution is 2.17. The maximum absolute atomic E-state index is 11.1. The molecule has 0 fully saturated rings. The fourth-order valence-corrected chi connectivity index (χ4v) is 2.07. The second-order valence-corrected chi connectivity index (χ2v) is 4.91. The first-order valence-electron chi connectivity index (χ1n) is 5.75. The Morgan fingerprint density at radius 1 is 1.28 bits per heavy atom. The second kappa shape index (κ2) is 7.76. The molecule has 1 aromatic rings. The molecule has 0 atom stereocenters. The van der Waals surface area contributed by atoms with Gasteiger partial charge in [-0.15, -0.1) is 11.8 Å². The molecule has 0 unspecified atom stereocenters. The summed E-state index contributed by atoms with van der Waals surface area (Å²) in [6, 6.07) is 8.18. The van der Waals surface area contributed by atoms with Crippen molar-refractivity contribution in [1.82, 2.24) is 5.32 Å². The topological polar surface area (TPSA) is 55.4 Å². The lowest BCUT2D eigenvalue weighted by Crippen LogP contribution is -2.33. The number of hydrogen-bond donors (Lipinski definition) is 1. The molecule has 1 amide bonds. The van der Waals surface area contributed by atoms with E-state index >= 15 is 0 Å². The molecule has 0 aliphatic carbocycles. The van der Waals surface area contributed by atoms with Gasteiger partial charge >= 0.3 is 11.9 Å². The maximum atomic E-state index is 11.1. The van der Waals surface area contributed by atoms with Crippen molar-refractivity contribution in [3.63, 3.8) is 0 Å². The van der Waals surface area contributed by atoms with Crippen molar-refractivity contribution in [3.05, 3.63) is 29.8 Å². The standard InChI is InChI=1S/C13H17NO3S/c1-3-18-11-6-4-10(5-7-11)8-9-14-12(15)13(16)17-2/h4-7H,3,8-9H2,1-2H3,(H,14,15). The van der Waals surface area contributed by atoms with Crippen LogP contribution in [0.2, 0.25) is 0 Å². The number of carbonyl (C=O) groups excluding carboxylic acids is 2. The van der Waals surface area contributed by atoms with Crippen molar-refractivity contribution in [2.45, 2.75) is 18.2 Å². The van der Waals surface area contributed by atoms with Gasteiger partial charge in [-0.3, -0.25) is 4.79 Å². The monoisotopic (exact) mass is 267 g/mol. The number of benzene rings is 1. The van der Waals surface area contributed by atoms with E-state index in [0.717, 1.165) is 11.3 Å². The molecule has 0 bridgehead atoms. The number of esters is 1. The highest BCUT2D eigenvalue weighted by atomic mass is 32.2. The van der Waals surface area contributed by atoms with Gasteiger partial charge in [0.25, 0.3) is 0 Å². The molecule has 1 N–H and O–H groups in total. The summed E-state index contributed by atoms with van der Waals surface area (Å²) in [7, 11) is 1.19. The molecule has 1 rings (SSSR count). The number of amides is 1. The predicted molar refractivity (Wildman–Crippen MR) is 71.6 cm³/mol. The van der Waals surface area contributed by atoms with E-state index in [-0.39, 0.29) is 0 Å². The molecule has 0 heterocycles. The number of hydrogen-bond acceptors (Lipinski definition) is 4. The molecule has 0 aliphatic rings. The van der Waals surface area contributed by atoms with Gasteiger partial charge in [0.05, 0.1) is 7.11 Å². The Balaban J connectivity index is 2.35. The van der Waals surface area contributed by atoms with Crippen LogP contribution in [-0.2, 0) is 20.7 Å². The fourth-order valence-electron chi connectivity index (χ4n) is 1.40. The molecule has 98 valence electrons. The van der Waals surface area contributed by atoms with Crippen molar-refractivity contribution < 1.29 is 14.3 Å². The van der Waals surface area contributed by atoms with Crippen LogP contribution >= 0.6 is 11.8 Å². The van der Waals surface area contributed by atoms with Crippen molar-refractivity contribution in [2.24, 2.45) is 0 Å². The first-order chi connectivity index (χ1) is 8.67. The molecule has 0 aromatic heterocycles. The van der Waals surface area contributed by atoms with Gasteiger partial charge in [-0.1, -0.05) is 19.1 Å². The Kier molecular flexibility index (Phi) is 6.28. The highest BCUT2D eigenvalue weighted by molar-refractivity contribution is 7.99. The van der Waals surface area contributed by atoms with Crippen molar-refractivity contribution in [2.75, 3.05) is 19.4 Å². The van der Waals surface area contributed by atoms with Gasteiger partial charge in [-0.05, 0) is 29.9 Å². The summed E-state index contributed by atoms with van der Waals surface area (Å²) in [6.07, 6.45) is 0.694. The van der Waals surface area contributed by atoms with Crippen LogP contribution in [0.25, 0.3) is 0 Å². The molecule has 5 heteroatoms. The SMILES string of the molecule is CCSc1ccc(CCNC(=O)C(=O)OC)cc1. The van der Waals surface area contributed by atoms with Crippen LogP contribution in [0.5, 0.6) is 0 Å². The summed E-state index contributed by atoms with van der Waals surface area (Å²) in [5.41, 5.74) is 1.13. The van der Waals surface area contributed by atoms with E-state index in [9.17, 15) is 9.59 Å². The lowest BCUT2D eigenvalue weighted by atomic mass is 10.1. The summed E-state index contributed by atoms with van der Waals surface area (Å²) in [6.45, 7) is 2.54. The van der Waals surface area contributed by atoms with E-state index in [4.69, 9.17) is 0 Å². The molecule has 0 spiro atoms. The van der Waals surface area contributed by atoms with E-state index in [0.29, 0.717) is 13.0 Å². The Morgan fingerprint density at radius 3 is 2.50 bits per heavy atom. The smallest absolute Gasteiger partial charge is 0.396 e. The van der Waals surface area contributed by atoms with Gasteiger partial charge in [-0.25, -0.2) is 4.79 Å². The highest BCUT2D eigenvalue weighted by Gasteiger charge is 2.11. The summed E-state index contributed by atoms with van der Waals surface area (Å²) >= 11 is 1.79. The van der Waals surface area contributed by atoms with Crippen LogP contribution in [-0.4, -0.2) is 31.3 Å². The average molecular weight is 267 g/mol. The van der Waals surface area contributed by atoms with Crippen LogP contribution in [0, 0.1) is 0 Å². The summed E-state index contributed by atoms with van der Waals surface area (Å²) < 4.78 is 4.30.